The molecule has 0 unspecified atom stereocenters. The second-order valence-corrected chi connectivity index (χ2v) is 13.8. The zero-order valence-corrected chi connectivity index (χ0v) is 29.3. The molecule has 3 fully saturated rings. The van der Waals surface area contributed by atoms with Gasteiger partial charge >= 0.3 is 6.03 Å². The summed E-state index contributed by atoms with van der Waals surface area (Å²) >= 11 is 0. The largest absolute Gasteiger partial charge is 0.378 e. The average molecular weight is 681 g/mol. The Hall–Kier alpha value is -4.56. The highest BCUT2D eigenvalue weighted by Crippen LogP contribution is 2.27. The number of likely N-dealkylation sites (tertiary alicyclic amines) is 1. The number of rotatable bonds is 8. The van der Waals surface area contributed by atoms with E-state index in [1.807, 2.05) is 33.7 Å². The minimum atomic E-state index is -0.366. The molecule has 2 aromatic carbocycles. The SMILES string of the molecule is CN1CCN(Cc2cc3c(N4CCOCC4)nc(-c4ccc(NC(=O)Nc5ccc(C(=O)N6CCC(N(C)C)CC6)cc5)cc4)nn3c2)CC1. The Morgan fingerprint density at radius 3 is 2.14 bits per heavy atom. The predicted octanol–water partition coefficient (Wildman–Crippen LogP) is 3.79. The average Bonchev–Trinajstić information content (AvgIpc) is 3.55. The molecule has 3 saturated heterocycles. The normalized spacial score (nSPS) is 18.2. The van der Waals surface area contributed by atoms with Crippen molar-refractivity contribution < 1.29 is 14.3 Å². The summed E-state index contributed by atoms with van der Waals surface area (Å²) in [7, 11) is 6.35. The molecule has 2 N–H and O–H groups in total. The number of nitrogens with zero attached hydrogens (tertiary/aromatic N) is 8. The Balaban J connectivity index is 0.999. The van der Waals surface area contributed by atoms with Crippen LogP contribution in [0.5, 0.6) is 0 Å². The quantitative estimate of drug-likeness (QED) is 0.287. The van der Waals surface area contributed by atoms with Gasteiger partial charge < -0.3 is 35.0 Å². The number of piperidine rings is 1. The maximum Gasteiger partial charge on any atom is 0.323 e. The van der Waals surface area contributed by atoms with E-state index in [4.69, 9.17) is 14.8 Å². The molecule has 3 aliphatic heterocycles. The molecule has 3 aliphatic rings. The first-order chi connectivity index (χ1) is 24.3. The number of likely N-dealkylation sites (N-methyl/N-ethyl adjacent to an activating group) is 1. The first-order valence-electron chi connectivity index (χ1n) is 17.7. The number of hydrogen-bond acceptors (Lipinski definition) is 9. The fourth-order valence-electron chi connectivity index (χ4n) is 6.98. The van der Waals surface area contributed by atoms with Crippen molar-refractivity contribution >= 4 is 34.6 Å². The zero-order chi connectivity index (χ0) is 34.6. The molecule has 50 heavy (non-hydrogen) atoms. The van der Waals surface area contributed by atoms with E-state index in [0.717, 1.165) is 88.6 Å². The van der Waals surface area contributed by atoms with Crippen LogP contribution in [0.1, 0.15) is 28.8 Å². The molecule has 0 saturated carbocycles. The number of ether oxygens (including phenoxy) is 1. The molecule has 0 atom stereocenters. The first kappa shape index (κ1) is 33.9. The van der Waals surface area contributed by atoms with Crippen LogP contribution in [0.2, 0.25) is 0 Å². The number of nitrogens with one attached hydrogen (secondary N) is 2. The number of carbonyl (C=O) groups excluding carboxylic acids is 2. The van der Waals surface area contributed by atoms with Gasteiger partial charge in [-0.3, -0.25) is 9.69 Å². The number of anilines is 3. The standard InChI is InChI=1S/C37H48N10O3/c1-42(2)32-12-14-46(15-13-32)36(48)29-6-10-31(11-7-29)39-37(49)38-30-8-4-28(5-9-30)34-40-35(45-20-22-50-23-21-45)33-24-27(26-47(33)41-34)25-44-18-16-43(3)17-19-44/h4-11,24,26,32H,12-23,25H2,1-3H3,(H2,38,39,49). The minimum Gasteiger partial charge on any atom is -0.378 e. The molecule has 0 bridgehead atoms. The van der Waals surface area contributed by atoms with Crippen molar-refractivity contribution in [3.8, 4) is 11.4 Å². The molecule has 13 nitrogen and oxygen atoms in total. The molecule has 3 amide bonds. The van der Waals surface area contributed by atoms with Crippen molar-refractivity contribution in [2.24, 2.45) is 0 Å². The molecule has 264 valence electrons. The molecule has 7 rings (SSSR count). The van der Waals surface area contributed by atoms with Gasteiger partial charge in [-0.15, -0.1) is 5.10 Å². The van der Waals surface area contributed by atoms with Gasteiger partial charge in [0, 0.05) is 93.6 Å². The summed E-state index contributed by atoms with van der Waals surface area (Å²) in [6.45, 7) is 9.54. The summed E-state index contributed by atoms with van der Waals surface area (Å²) in [4.78, 5) is 42.2. The van der Waals surface area contributed by atoms with Crippen molar-refractivity contribution in [1.29, 1.82) is 0 Å². The summed E-state index contributed by atoms with van der Waals surface area (Å²) in [6.07, 6.45) is 4.07. The van der Waals surface area contributed by atoms with Crippen LogP contribution >= 0.6 is 0 Å². The van der Waals surface area contributed by atoms with Crippen LogP contribution in [0.25, 0.3) is 16.9 Å². The lowest BCUT2D eigenvalue weighted by atomic mass is 10.0. The van der Waals surface area contributed by atoms with E-state index in [0.29, 0.717) is 42.0 Å². The van der Waals surface area contributed by atoms with Gasteiger partial charge in [0.2, 0.25) is 0 Å². The van der Waals surface area contributed by atoms with Crippen LogP contribution in [0.3, 0.4) is 0 Å². The molecule has 0 aliphatic carbocycles. The summed E-state index contributed by atoms with van der Waals surface area (Å²) < 4.78 is 7.59. The Morgan fingerprint density at radius 2 is 1.50 bits per heavy atom. The Kier molecular flexibility index (Phi) is 10.3. The van der Waals surface area contributed by atoms with E-state index in [9.17, 15) is 9.59 Å². The van der Waals surface area contributed by atoms with Gasteiger partial charge in [-0.1, -0.05) is 0 Å². The third kappa shape index (κ3) is 7.91. The number of urea groups is 1. The Labute approximate surface area is 293 Å². The summed E-state index contributed by atoms with van der Waals surface area (Å²) in [5, 5.41) is 10.7. The fourth-order valence-corrected chi connectivity index (χ4v) is 6.98. The Morgan fingerprint density at radius 1 is 0.860 bits per heavy atom. The van der Waals surface area contributed by atoms with E-state index in [1.165, 1.54) is 5.56 Å². The highest BCUT2D eigenvalue weighted by molar-refractivity contribution is 6.00. The van der Waals surface area contributed by atoms with Crippen LogP contribution < -0.4 is 15.5 Å². The maximum absolute atomic E-state index is 13.0. The maximum atomic E-state index is 13.0. The summed E-state index contributed by atoms with van der Waals surface area (Å²) in [6, 6.07) is 17.0. The van der Waals surface area contributed by atoms with Gasteiger partial charge in [0.25, 0.3) is 5.91 Å². The van der Waals surface area contributed by atoms with Gasteiger partial charge in [0.15, 0.2) is 11.6 Å². The monoisotopic (exact) mass is 680 g/mol. The second kappa shape index (κ2) is 15.1. The molecule has 0 radical (unpaired) electrons. The van der Waals surface area contributed by atoms with Crippen LogP contribution in [-0.2, 0) is 11.3 Å². The van der Waals surface area contributed by atoms with Gasteiger partial charge in [0.1, 0.15) is 5.52 Å². The zero-order valence-electron chi connectivity index (χ0n) is 29.3. The van der Waals surface area contributed by atoms with Crippen molar-refractivity contribution in [3.63, 3.8) is 0 Å². The number of amides is 3. The number of carbonyl (C=O) groups is 2. The third-order valence-electron chi connectivity index (χ3n) is 10.1. The smallest absolute Gasteiger partial charge is 0.323 e. The van der Waals surface area contributed by atoms with Gasteiger partial charge in [0.05, 0.1) is 13.2 Å². The molecular formula is C37H48N10O3. The molecule has 5 heterocycles. The van der Waals surface area contributed by atoms with Crippen molar-refractivity contribution in [2.45, 2.75) is 25.4 Å². The first-order valence-corrected chi connectivity index (χ1v) is 17.7. The lowest BCUT2D eigenvalue weighted by Gasteiger charge is -2.35. The van der Waals surface area contributed by atoms with Crippen molar-refractivity contribution in [2.75, 3.05) is 102 Å². The molecule has 0 spiro atoms. The van der Waals surface area contributed by atoms with E-state index < -0.39 is 0 Å². The topological polar surface area (TPSA) is 114 Å². The highest BCUT2D eigenvalue weighted by atomic mass is 16.5. The third-order valence-corrected chi connectivity index (χ3v) is 10.1. The number of fused-ring (bicyclic) bond motifs is 1. The summed E-state index contributed by atoms with van der Waals surface area (Å²) in [5.41, 5.74) is 4.95. The van der Waals surface area contributed by atoms with Crippen LogP contribution in [0.15, 0.2) is 60.8 Å². The van der Waals surface area contributed by atoms with Crippen LogP contribution in [-0.4, -0.2) is 139 Å². The Bertz CT molecular complexity index is 1770. The number of benzene rings is 2. The predicted molar refractivity (Wildman–Crippen MR) is 196 cm³/mol. The number of hydrogen-bond donors (Lipinski definition) is 2. The van der Waals surface area contributed by atoms with Crippen molar-refractivity contribution in [1.82, 2.24) is 34.2 Å². The van der Waals surface area contributed by atoms with Gasteiger partial charge in [-0.25, -0.2) is 14.3 Å². The van der Waals surface area contributed by atoms with Crippen molar-refractivity contribution in [3.05, 3.63) is 71.9 Å². The van der Waals surface area contributed by atoms with E-state index in [2.05, 4.69) is 63.6 Å². The fraction of sp³-hybridized carbons (Fsp3) is 0.459. The molecule has 4 aromatic rings. The van der Waals surface area contributed by atoms with E-state index >= 15 is 0 Å². The second-order valence-electron chi connectivity index (χ2n) is 13.8. The number of piperazine rings is 1. The molecule has 2 aromatic heterocycles. The number of morpholine rings is 1. The number of aromatic nitrogens is 3. The highest BCUT2D eigenvalue weighted by Gasteiger charge is 2.25. The van der Waals surface area contributed by atoms with Crippen LogP contribution in [0.4, 0.5) is 22.0 Å². The van der Waals surface area contributed by atoms with E-state index in [-0.39, 0.29) is 11.9 Å². The molecule has 13 heteroatoms. The van der Waals surface area contributed by atoms with Gasteiger partial charge in [-0.2, -0.15) is 0 Å². The lowest BCUT2D eigenvalue weighted by Crippen LogP contribution is -2.44. The van der Waals surface area contributed by atoms with Gasteiger partial charge in [-0.05, 0) is 94.1 Å². The molecular weight excluding hydrogens is 632 g/mol. The van der Waals surface area contributed by atoms with Crippen LogP contribution in [0, 0.1) is 0 Å². The van der Waals surface area contributed by atoms with E-state index in [1.54, 1.807) is 24.3 Å². The summed E-state index contributed by atoms with van der Waals surface area (Å²) in [5.74, 6) is 1.56. The lowest BCUT2D eigenvalue weighted by molar-refractivity contribution is 0.0663. The minimum absolute atomic E-state index is 0.0290.